The average molecular weight is 260 g/mol. The molecular weight excluding hydrogens is 232 g/mol. The Hall–Kier alpha value is -0.160. The fourth-order valence-corrected chi connectivity index (χ4v) is 2.25. The number of ether oxygens (including phenoxy) is 2. The van der Waals surface area contributed by atoms with Gasteiger partial charge in [-0.15, -0.1) is 0 Å². The molecule has 108 valence electrons. The Kier molecular flexibility index (Phi) is 7.82. The Morgan fingerprint density at radius 1 is 1.28 bits per heavy atom. The molecule has 0 aromatic heterocycles. The quantitative estimate of drug-likeness (QED) is 0.657. The first kappa shape index (κ1) is 15.9. The summed E-state index contributed by atoms with van der Waals surface area (Å²) in [4.78, 5) is 0. The Morgan fingerprint density at radius 3 is 2.72 bits per heavy atom. The standard InChI is InChI=1S/C14H28O4/c1-3-4-5-6-7-11(2)17-14-13(16)9-8-12(10-15)18-14/h11-16H,3-10H2,1-2H3/t11-,12-,13+,14-/m0/s1. The van der Waals surface area contributed by atoms with Gasteiger partial charge in [0.2, 0.25) is 0 Å². The van der Waals surface area contributed by atoms with Gasteiger partial charge in [-0.2, -0.15) is 0 Å². The van der Waals surface area contributed by atoms with Crippen LogP contribution in [0.4, 0.5) is 0 Å². The zero-order valence-corrected chi connectivity index (χ0v) is 11.7. The van der Waals surface area contributed by atoms with Crippen molar-refractivity contribution in [2.24, 2.45) is 0 Å². The highest BCUT2D eigenvalue weighted by molar-refractivity contribution is 4.73. The predicted molar refractivity (Wildman–Crippen MR) is 70.3 cm³/mol. The molecule has 0 amide bonds. The van der Waals surface area contributed by atoms with Crippen LogP contribution in [0.25, 0.3) is 0 Å². The number of unbranched alkanes of at least 4 members (excludes halogenated alkanes) is 3. The molecule has 0 spiro atoms. The highest BCUT2D eigenvalue weighted by Gasteiger charge is 2.31. The minimum atomic E-state index is -0.572. The van der Waals surface area contributed by atoms with E-state index in [2.05, 4.69) is 6.92 Å². The van der Waals surface area contributed by atoms with Crippen LogP contribution in [0.2, 0.25) is 0 Å². The largest absolute Gasteiger partial charge is 0.394 e. The molecule has 0 saturated carbocycles. The molecule has 0 unspecified atom stereocenters. The minimum Gasteiger partial charge on any atom is -0.394 e. The van der Waals surface area contributed by atoms with Crippen LogP contribution in [-0.4, -0.2) is 41.4 Å². The van der Waals surface area contributed by atoms with Gasteiger partial charge in [-0.3, -0.25) is 0 Å². The number of hydrogen-bond donors (Lipinski definition) is 2. The molecule has 4 atom stereocenters. The lowest BCUT2D eigenvalue weighted by Crippen LogP contribution is -2.43. The third kappa shape index (κ3) is 5.65. The van der Waals surface area contributed by atoms with Crippen LogP contribution < -0.4 is 0 Å². The van der Waals surface area contributed by atoms with Gasteiger partial charge in [0.1, 0.15) is 6.10 Å². The van der Waals surface area contributed by atoms with Crippen LogP contribution in [-0.2, 0) is 9.47 Å². The molecule has 1 rings (SSSR count). The third-order valence-corrected chi connectivity index (χ3v) is 3.46. The van der Waals surface area contributed by atoms with E-state index in [-0.39, 0.29) is 18.8 Å². The van der Waals surface area contributed by atoms with E-state index >= 15 is 0 Å². The Balaban J connectivity index is 2.22. The molecule has 1 aliphatic rings. The molecule has 1 saturated heterocycles. The number of rotatable bonds is 8. The average Bonchev–Trinajstić information content (AvgIpc) is 2.37. The zero-order chi connectivity index (χ0) is 13.4. The first-order valence-electron chi connectivity index (χ1n) is 7.27. The smallest absolute Gasteiger partial charge is 0.184 e. The number of aliphatic hydroxyl groups excluding tert-OH is 2. The van der Waals surface area contributed by atoms with E-state index in [4.69, 9.17) is 14.6 Å². The zero-order valence-electron chi connectivity index (χ0n) is 11.7. The Morgan fingerprint density at radius 2 is 2.06 bits per heavy atom. The molecule has 1 aliphatic heterocycles. The van der Waals surface area contributed by atoms with Gasteiger partial charge in [0.05, 0.1) is 18.8 Å². The maximum absolute atomic E-state index is 9.81. The van der Waals surface area contributed by atoms with Crippen molar-refractivity contribution in [2.45, 2.75) is 83.4 Å². The van der Waals surface area contributed by atoms with E-state index in [9.17, 15) is 5.11 Å². The molecule has 4 nitrogen and oxygen atoms in total. The molecule has 4 heteroatoms. The predicted octanol–water partition coefficient (Wildman–Crippen LogP) is 2.22. The van der Waals surface area contributed by atoms with Crippen molar-refractivity contribution in [3.8, 4) is 0 Å². The molecule has 1 heterocycles. The fraction of sp³-hybridized carbons (Fsp3) is 1.00. The lowest BCUT2D eigenvalue weighted by atomic mass is 10.1. The van der Waals surface area contributed by atoms with Crippen molar-refractivity contribution in [2.75, 3.05) is 6.61 Å². The molecule has 0 bridgehead atoms. The SMILES string of the molecule is CCCCCC[C@H](C)O[C@H]1O[C@H](CO)CC[C@H]1O. The summed E-state index contributed by atoms with van der Waals surface area (Å²) < 4.78 is 11.3. The first-order chi connectivity index (χ1) is 8.67. The highest BCUT2D eigenvalue weighted by Crippen LogP contribution is 2.22. The van der Waals surface area contributed by atoms with Crippen molar-refractivity contribution in [1.29, 1.82) is 0 Å². The van der Waals surface area contributed by atoms with Gasteiger partial charge < -0.3 is 19.7 Å². The summed E-state index contributed by atoms with van der Waals surface area (Å²) in [7, 11) is 0. The minimum absolute atomic E-state index is 0.00252. The summed E-state index contributed by atoms with van der Waals surface area (Å²) in [6.07, 6.45) is 5.99. The van der Waals surface area contributed by atoms with E-state index in [0.29, 0.717) is 12.8 Å². The van der Waals surface area contributed by atoms with Gasteiger partial charge in [-0.25, -0.2) is 0 Å². The molecule has 1 fully saturated rings. The van der Waals surface area contributed by atoms with Crippen molar-refractivity contribution in [3.63, 3.8) is 0 Å². The first-order valence-corrected chi connectivity index (χ1v) is 7.27. The van der Waals surface area contributed by atoms with Gasteiger partial charge in [0.15, 0.2) is 6.29 Å². The second-order valence-electron chi connectivity index (χ2n) is 5.25. The molecular formula is C14H28O4. The summed E-state index contributed by atoms with van der Waals surface area (Å²) in [5.41, 5.74) is 0. The fourth-order valence-electron chi connectivity index (χ4n) is 2.25. The van der Waals surface area contributed by atoms with Crippen LogP contribution in [0, 0.1) is 0 Å². The molecule has 0 aliphatic carbocycles. The Labute approximate surface area is 110 Å². The Bertz CT molecular complexity index is 210. The molecule has 2 N–H and O–H groups in total. The normalized spacial score (nSPS) is 30.3. The van der Waals surface area contributed by atoms with Crippen molar-refractivity contribution in [1.82, 2.24) is 0 Å². The van der Waals surface area contributed by atoms with Gasteiger partial charge in [-0.05, 0) is 26.2 Å². The molecule has 0 aromatic carbocycles. The summed E-state index contributed by atoms with van der Waals surface area (Å²) in [6, 6.07) is 0. The van der Waals surface area contributed by atoms with E-state index in [1.54, 1.807) is 0 Å². The second-order valence-corrected chi connectivity index (χ2v) is 5.25. The third-order valence-electron chi connectivity index (χ3n) is 3.46. The summed E-state index contributed by atoms with van der Waals surface area (Å²) in [5.74, 6) is 0. The molecule has 0 aromatic rings. The molecule has 18 heavy (non-hydrogen) atoms. The summed E-state index contributed by atoms with van der Waals surface area (Å²) in [6.45, 7) is 4.21. The maximum Gasteiger partial charge on any atom is 0.184 e. The topological polar surface area (TPSA) is 58.9 Å². The van der Waals surface area contributed by atoms with Gasteiger partial charge in [0.25, 0.3) is 0 Å². The van der Waals surface area contributed by atoms with Crippen molar-refractivity contribution in [3.05, 3.63) is 0 Å². The van der Waals surface area contributed by atoms with Crippen LogP contribution in [0.3, 0.4) is 0 Å². The van der Waals surface area contributed by atoms with E-state index < -0.39 is 12.4 Å². The highest BCUT2D eigenvalue weighted by atomic mass is 16.7. The van der Waals surface area contributed by atoms with E-state index in [1.165, 1.54) is 19.3 Å². The van der Waals surface area contributed by atoms with Crippen LogP contribution in [0.5, 0.6) is 0 Å². The van der Waals surface area contributed by atoms with E-state index in [0.717, 1.165) is 12.8 Å². The number of aliphatic hydroxyl groups is 2. The maximum atomic E-state index is 9.81. The van der Waals surface area contributed by atoms with Gasteiger partial charge in [-0.1, -0.05) is 32.6 Å². The lowest BCUT2D eigenvalue weighted by molar-refractivity contribution is -0.259. The van der Waals surface area contributed by atoms with Gasteiger partial charge in [0, 0.05) is 0 Å². The van der Waals surface area contributed by atoms with Crippen molar-refractivity contribution >= 4 is 0 Å². The van der Waals surface area contributed by atoms with Gasteiger partial charge >= 0.3 is 0 Å². The second kappa shape index (κ2) is 8.86. The number of hydrogen-bond acceptors (Lipinski definition) is 4. The molecule has 0 radical (unpaired) electrons. The summed E-state index contributed by atoms with van der Waals surface area (Å²) >= 11 is 0. The van der Waals surface area contributed by atoms with Crippen molar-refractivity contribution < 1.29 is 19.7 Å². The van der Waals surface area contributed by atoms with Crippen LogP contribution >= 0.6 is 0 Å². The van der Waals surface area contributed by atoms with E-state index in [1.807, 2.05) is 6.92 Å². The monoisotopic (exact) mass is 260 g/mol. The lowest BCUT2D eigenvalue weighted by Gasteiger charge is -2.34. The van der Waals surface area contributed by atoms with Crippen LogP contribution in [0.1, 0.15) is 58.8 Å². The summed E-state index contributed by atoms with van der Waals surface area (Å²) in [5, 5.41) is 18.9. The van der Waals surface area contributed by atoms with Crippen LogP contribution in [0.15, 0.2) is 0 Å².